The van der Waals surface area contributed by atoms with Gasteiger partial charge in [0.15, 0.2) is 0 Å². The van der Waals surface area contributed by atoms with Crippen molar-refractivity contribution in [2.45, 2.75) is 38.6 Å². The Hall–Kier alpha value is -2.18. The Labute approximate surface area is 109 Å². The number of oxazole rings is 1. The summed E-state index contributed by atoms with van der Waals surface area (Å²) in [6, 6.07) is 0. The van der Waals surface area contributed by atoms with Crippen molar-refractivity contribution in [3.63, 3.8) is 0 Å². The zero-order valence-corrected chi connectivity index (χ0v) is 10.6. The van der Waals surface area contributed by atoms with Crippen molar-refractivity contribution >= 4 is 5.91 Å². The van der Waals surface area contributed by atoms with E-state index in [2.05, 4.69) is 25.5 Å². The smallest absolute Gasteiger partial charge is 0.291 e. The topological polar surface area (TPSA) is 96.7 Å². The molecule has 7 nitrogen and oxygen atoms in total. The van der Waals surface area contributed by atoms with E-state index in [1.54, 1.807) is 6.20 Å². The molecule has 3 rings (SSSR count). The molecule has 0 saturated heterocycles. The average molecular weight is 261 g/mol. The predicted octanol–water partition coefficient (Wildman–Crippen LogP) is 1.16. The number of aromatic amines is 1. The quantitative estimate of drug-likeness (QED) is 0.841. The van der Waals surface area contributed by atoms with Crippen molar-refractivity contribution in [1.82, 2.24) is 25.5 Å². The van der Waals surface area contributed by atoms with E-state index in [0.29, 0.717) is 11.8 Å². The molecule has 0 radical (unpaired) electrons. The van der Waals surface area contributed by atoms with Gasteiger partial charge in [0.1, 0.15) is 11.6 Å². The van der Waals surface area contributed by atoms with Gasteiger partial charge in [-0.15, -0.1) is 5.10 Å². The number of carbonyl (C=O) groups is 1. The Morgan fingerprint density at radius 2 is 2.42 bits per heavy atom. The van der Waals surface area contributed by atoms with Gasteiger partial charge in [0, 0.05) is 12.3 Å². The van der Waals surface area contributed by atoms with Crippen LogP contribution in [0.4, 0.5) is 0 Å². The normalized spacial score (nSPS) is 14.6. The first-order valence-corrected chi connectivity index (χ1v) is 6.40. The zero-order chi connectivity index (χ0) is 13.2. The van der Waals surface area contributed by atoms with Gasteiger partial charge in [-0.25, -0.2) is 9.97 Å². The second kappa shape index (κ2) is 4.83. The van der Waals surface area contributed by atoms with E-state index < -0.39 is 0 Å². The summed E-state index contributed by atoms with van der Waals surface area (Å²) >= 11 is 0. The average Bonchev–Trinajstić information content (AvgIpc) is 2.99. The number of aryl methyl sites for hydroxylation is 1. The standard InChI is InChI=1S/C12H15N5O2/c1-2-8-5-13-9(19-8)6-14-12(18)11-15-10(16-17-11)7-3-4-7/h5,7H,2-4,6H2,1H3,(H,14,18)(H,15,16,17). The van der Waals surface area contributed by atoms with Crippen LogP contribution in [0.3, 0.4) is 0 Å². The van der Waals surface area contributed by atoms with Gasteiger partial charge in [0.2, 0.25) is 11.7 Å². The van der Waals surface area contributed by atoms with Crippen LogP contribution in [0.5, 0.6) is 0 Å². The highest BCUT2D eigenvalue weighted by atomic mass is 16.4. The summed E-state index contributed by atoms with van der Waals surface area (Å²) in [5.41, 5.74) is 0. The molecule has 0 aliphatic heterocycles. The molecule has 7 heteroatoms. The van der Waals surface area contributed by atoms with Gasteiger partial charge in [-0.05, 0) is 12.8 Å². The Kier molecular flexibility index (Phi) is 3.02. The van der Waals surface area contributed by atoms with Crippen LogP contribution in [-0.4, -0.2) is 26.1 Å². The highest BCUT2D eigenvalue weighted by molar-refractivity contribution is 5.90. The van der Waals surface area contributed by atoms with Crippen LogP contribution >= 0.6 is 0 Å². The molecule has 0 atom stereocenters. The first-order valence-electron chi connectivity index (χ1n) is 6.40. The lowest BCUT2D eigenvalue weighted by Crippen LogP contribution is -2.24. The summed E-state index contributed by atoms with van der Waals surface area (Å²) in [5, 5.41) is 9.40. The van der Waals surface area contributed by atoms with E-state index in [4.69, 9.17) is 4.42 Å². The Bertz CT molecular complexity index is 584. The van der Waals surface area contributed by atoms with Gasteiger partial charge in [-0.2, -0.15) is 0 Å². The molecule has 1 fully saturated rings. The first-order chi connectivity index (χ1) is 9.26. The maximum atomic E-state index is 11.8. The molecule has 0 spiro atoms. The van der Waals surface area contributed by atoms with E-state index in [1.165, 1.54) is 0 Å². The monoisotopic (exact) mass is 261 g/mol. The van der Waals surface area contributed by atoms with Gasteiger partial charge in [0.25, 0.3) is 5.91 Å². The molecule has 2 N–H and O–H groups in total. The number of H-pyrrole nitrogens is 1. The molecule has 0 aromatic carbocycles. The molecule has 2 aromatic rings. The van der Waals surface area contributed by atoms with Crippen molar-refractivity contribution < 1.29 is 9.21 Å². The molecule has 2 aromatic heterocycles. The van der Waals surface area contributed by atoms with Crippen LogP contribution < -0.4 is 5.32 Å². The summed E-state index contributed by atoms with van der Waals surface area (Å²) in [6.45, 7) is 2.22. The fourth-order valence-corrected chi connectivity index (χ4v) is 1.74. The molecule has 0 unspecified atom stereocenters. The maximum absolute atomic E-state index is 11.8. The molecular weight excluding hydrogens is 246 g/mol. The molecule has 19 heavy (non-hydrogen) atoms. The number of amides is 1. The molecule has 1 aliphatic rings. The third kappa shape index (κ3) is 2.64. The number of aromatic nitrogens is 4. The molecule has 1 aliphatic carbocycles. The molecule has 1 amide bonds. The fourth-order valence-electron chi connectivity index (χ4n) is 1.74. The number of hydrogen-bond donors (Lipinski definition) is 2. The number of nitrogens with one attached hydrogen (secondary N) is 2. The molecule has 100 valence electrons. The first kappa shape index (κ1) is 11.9. The highest BCUT2D eigenvalue weighted by Crippen LogP contribution is 2.37. The van der Waals surface area contributed by atoms with Crippen LogP contribution in [0.15, 0.2) is 10.6 Å². The molecule has 1 saturated carbocycles. The predicted molar refractivity (Wildman–Crippen MR) is 65.4 cm³/mol. The lowest BCUT2D eigenvalue weighted by atomic mass is 10.4. The van der Waals surface area contributed by atoms with Crippen molar-refractivity contribution in [2.75, 3.05) is 0 Å². The maximum Gasteiger partial charge on any atom is 0.291 e. The highest BCUT2D eigenvalue weighted by Gasteiger charge is 2.28. The number of nitrogens with zero attached hydrogens (tertiary/aromatic N) is 3. The summed E-state index contributed by atoms with van der Waals surface area (Å²) in [4.78, 5) is 20.1. The molecular formula is C12H15N5O2. The zero-order valence-electron chi connectivity index (χ0n) is 10.6. The van der Waals surface area contributed by atoms with E-state index in [1.807, 2.05) is 6.92 Å². The summed E-state index contributed by atoms with van der Waals surface area (Å²) < 4.78 is 5.40. The van der Waals surface area contributed by atoms with Crippen molar-refractivity contribution in [3.8, 4) is 0 Å². The Morgan fingerprint density at radius 3 is 3.11 bits per heavy atom. The van der Waals surface area contributed by atoms with Crippen molar-refractivity contribution in [2.24, 2.45) is 0 Å². The number of hydrogen-bond acceptors (Lipinski definition) is 5. The van der Waals surface area contributed by atoms with Crippen LogP contribution in [0.2, 0.25) is 0 Å². The minimum Gasteiger partial charge on any atom is -0.444 e. The van der Waals surface area contributed by atoms with E-state index >= 15 is 0 Å². The van der Waals surface area contributed by atoms with Gasteiger partial charge in [0.05, 0.1) is 12.7 Å². The Balaban J connectivity index is 1.57. The van der Waals surface area contributed by atoms with Gasteiger partial charge in [-0.1, -0.05) is 6.92 Å². The lowest BCUT2D eigenvalue weighted by Gasteiger charge is -1.98. The van der Waals surface area contributed by atoms with Crippen LogP contribution in [0, 0.1) is 0 Å². The van der Waals surface area contributed by atoms with Gasteiger partial charge < -0.3 is 9.73 Å². The number of carbonyl (C=O) groups excluding carboxylic acids is 1. The third-order valence-electron chi connectivity index (χ3n) is 3.02. The van der Waals surface area contributed by atoms with Gasteiger partial charge in [-0.3, -0.25) is 9.89 Å². The van der Waals surface area contributed by atoms with Crippen molar-refractivity contribution in [3.05, 3.63) is 29.5 Å². The van der Waals surface area contributed by atoms with Crippen LogP contribution in [-0.2, 0) is 13.0 Å². The molecule has 2 heterocycles. The van der Waals surface area contributed by atoms with Gasteiger partial charge >= 0.3 is 0 Å². The van der Waals surface area contributed by atoms with Crippen LogP contribution in [0.25, 0.3) is 0 Å². The van der Waals surface area contributed by atoms with Crippen LogP contribution in [0.1, 0.15) is 53.8 Å². The fraction of sp³-hybridized carbons (Fsp3) is 0.500. The summed E-state index contributed by atoms with van der Waals surface area (Å²) in [7, 11) is 0. The summed E-state index contributed by atoms with van der Waals surface area (Å²) in [5.74, 6) is 2.40. The second-order valence-electron chi connectivity index (χ2n) is 4.58. The molecule has 0 bridgehead atoms. The third-order valence-corrected chi connectivity index (χ3v) is 3.02. The largest absolute Gasteiger partial charge is 0.444 e. The minimum atomic E-state index is -0.320. The summed E-state index contributed by atoms with van der Waals surface area (Å²) in [6.07, 6.45) is 4.69. The minimum absolute atomic E-state index is 0.171. The van der Waals surface area contributed by atoms with Crippen molar-refractivity contribution in [1.29, 1.82) is 0 Å². The SMILES string of the molecule is CCc1cnc(CNC(=O)c2n[nH]c(C3CC3)n2)o1. The van der Waals surface area contributed by atoms with E-state index in [0.717, 1.165) is 30.8 Å². The number of rotatable bonds is 5. The second-order valence-corrected chi connectivity index (χ2v) is 4.58. The Morgan fingerprint density at radius 1 is 1.58 bits per heavy atom. The lowest BCUT2D eigenvalue weighted by molar-refractivity contribution is 0.0937. The van der Waals surface area contributed by atoms with E-state index in [9.17, 15) is 4.79 Å². The van der Waals surface area contributed by atoms with E-state index in [-0.39, 0.29) is 18.3 Å².